The molecule has 0 atom stereocenters. The van der Waals surface area contributed by atoms with Crippen molar-refractivity contribution >= 4 is 11.8 Å². The van der Waals surface area contributed by atoms with Crippen molar-refractivity contribution in [2.75, 3.05) is 26.3 Å². The van der Waals surface area contributed by atoms with Crippen molar-refractivity contribution in [1.82, 2.24) is 0 Å². The lowest BCUT2D eigenvalue weighted by Gasteiger charge is -2.07. The minimum absolute atomic E-state index is 0.168. The van der Waals surface area contributed by atoms with Crippen LogP contribution in [0.5, 0.6) is 5.75 Å². The molecule has 0 bridgehead atoms. The highest BCUT2D eigenvalue weighted by atomic mass is 16.7. The lowest BCUT2D eigenvalue weighted by atomic mass is 10.3. The van der Waals surface area contributed by atoms with Crippen molar-refractivity contribution in [2.24, 2.45) is 0 Å². The van der Waals surface area contributed by atoms with Gasteiger partial charge in [-0.3, -0.25) is 5.32 Å². The largest absolute Gasteiger partial charge is 0.467 e. The molecule has 0 radical (unpaired) electrons. The highest BCUT2D eigenvalue weighted by Gasteiger charge is 2.01. The molecule has 5 heteroatoms. The Morgan fingerprint density at radius 2 is 2.20 bits per heavy atom. The van der Waals surface area contributed by atoms with E-state index in [2.05, 4.69) is 10.1 Å². The zero-order chi connectivity index (χ0) is 11.1. The third-order valence-electron chi connectivity index (χ3n) is 1.61. The summed E-state index contributed by atoms with van der Waals surface area (Å²) in [5.41, 5.74) is 0.607. The third kappa shape index (κ3) is 3.86. The first-order valence-electron chi connectivity index (χ1n) is 4.33. The minimum Gasteiger partial charge on any atom is -0.467 e. The van der Waals surface area contributed by atoms with Crippen molar-refractivity contribution in [3.8, 4) is 5.75 Å². The SMILES string of the molecule is COCOc1cccc(NC(=O)OC)c1. The summed E-state index contributed by atoms with van der Waals surface area (Å²) in [6.07, 6.45) is -0.515. The summed E-state index contributed by atoms with van der Waals surface area (Å²) in [6.45, 7) is 0.168. The molecule has 1 aromatic carbocycles. The van der Waals surface area contributed by atoms with Gasteiger partial charge in [0.2, 0.25) is 0 Å². The number of benzene rings is 1. The average Bonchev–Trinajstić information content (AvgIpc) is 2.26. The number of nitrogens with one attached hydrogen (secondary N) is 1. The quantitative estimate of drug-likeness (QED) is 0.772. The van der Waals surface area contributed by atoms with Crippen LogP contribution in [0.15, 0.2) is 24.3 Å². The molecule has 0 unspecified atom stereocenters. The van der Waals surface area contributed by atoms with Gasteiger partial charge in [0.25, 0.3) is 0 Å². The number of ether oxygens (including phenoxy) is 3. The van der Waals surface area contributed by atoms with Gasteiger partial charge in [-0.25, -0.2) is 4.79 Å². The van der Waals surface area contributed by atoms with E-state index in [9.17, 15) is 4.79 Å². The van der Waals surface area contributed by atoms with E-state index in [1.165, 1.54) is 14.2 Å². The Hall–Kier alpha value is -1.75. The van der Waals surface area contributed by atoms with Crippen LogP contribution in [0.25, 0.3) is 0 Å². The zero-order valence-electron chi connectivity index (χ0n) is 8.65. The van der Waals surface area contributed by atoms with Crippen LogP contribution < -0.4 is 10.1 Å². The number of hydrogen-bond acceptors (Lipinski definition) is 4. The summed E-state index contributed by atoms with van der Waals surface area (Å²) in [5.74, 6) is 0.616. The van der Waals surface area contributed by atoms with Crippen molar-refractivity contribution in [1.29, 1.82) is 0 Å². The van der Waals surface area contributed by atoms with Gasteiger partial charge in [-0.05, 0) is 12.1 Å². The molecule has 0 aliphatic heterocycles. The van der Waals surface area contributed by atoms with Crippen LogP contribution in [-0.4, -0.2) is 27.1 Å². The lowest BCUT2D eigenvalue weighted by Crippen LogP contribution is -2.10. The molecular weight excluding hydrogens is 198 g/mol. The maximum Gasteiger partial charge on any atom is 0.411 e. The molecule has 1 aromatic rings. The Labute approximate surface area is 87.9 Å². The summed E-state index contributed by atoms with van der Waals surface area (Å²) in [7, 11) is 2.84. The van der Waals surface area contributed by atoms with Gasteiger partial charge in [0.05, 0.1) is 7.11 Å². The number of carbonyl (C=O) groups is 1. The van der Waals surface area contributed by atoms with Gasteiger partial charge in [0.15, 0.2) is 6.79 Å². The molecule has 1 rings (SSSR count). The molecule has 0 aromatic heterocycles. The van der Waals surface area contributed by atoms with Crippen LogP contribution in [-0.2, 0) is 9.47 Å². The number of amides is 1. The fraction of sp³-hybridized carbons (Fsp3) is 0.300. The number of hydrogen-bond donors (Lipinski definition) is 1. The topological polar surface area (TPSA) is 56.8 Å². The molecule has 0 saturated carbocycles. The van der Waals surface area contributed by atoms with Gasteiger partial charge < -0.3 is 14.2 Å². The van der Waals surface area contributed by atoms with Crippen LogP contribution in [0.2, 0.25) is 0 Å². The monoisotopic (exact) mass is 211 g/mol. The van der Waals surface area contributed by atoms with Crippen LogP contribution in [0.1, 0.15) is 0 Å². The van der Waals surface area contributed by atoms with E-state index in [0.717, 1.165) is 0 Å². The van der Waals surface area contributed by atoms with Crippen LogP contribution >= 0.6 is 0 Å². The summed E-state index contributed by atoms with van der Waals surface area (Å²) in [5, 5.41) is 2.53. The first kappa shape index (κ1) is 11.3. The van der Waals surface area contributed by atoms with Crippen LogP contribution in [0.3, 0.4) is 0 Å². The lowest BCUT2D eigenvalue weighted by molar-refractivity contribution is 0.0512. The number of methoxy groups -OCH3 is 2. The second kappa shape index (κ2) is 5.87. The highest BCUT2D eigenvalue weighted by molar-refractivity contribution is 5.84. The van der Waals surface area contributed by atoms with E-state index in [-0.39, 0.29) is 6.79 Å². The normalized spacial score (nSPS) is 9.47. The van der Waals surface area contributed by atoms with E-state index < -0.39 is 6.09 Å². The maximum absolute atomic E-state index is 10.9. The molecule has 0 aliphatic rings. The van der Waals surface area contributed by atoms with E-state index in [1.807, 2.05) is 0 Å². The first-order valence-corrected chi connectivity index (χ1v) is 4.33. The Bertz CT molecular complexity index is 327. The van der Waals surface area contributed by atoms with Crippen LogP contribution in [0.4, 0.5) is 10.5 Å². The van der Waals surface area contributed by atoms with Gasteiger partial charge in [0.1, 0.15) is 5.75 Å². The van der Waals surface area contributed by atoms with Gasteiger partial charge in [-0.1, -0.05) is 6.07 Å². The van der Waals surface area contributed by atoms with Gasteiger partial charge in [-0.15, -0.1) is 0 Å². The number of carbonyl (C=O) groups excluding carboxylic acids is 1. The standard InChI is InChI=1S/C10H13NO4/c1-13-7-15-9-5-3-4-8(6-9)11-10(12)14-2/h3-6H,7H2,1-2H3,(H,11,12). The van der Waals surface area contributed by atoms with Gasteiger partial charge in [0, 0.05) is 18.9 Å². The Kier molecular flexibility index (Phi) is 4.43. The van der Waals surface area contributed by atoms with Crippen molar-refractivity contribution in [3.63, 3.8) is 0 Å². The first-order chi connectivity index (χ1) is 7.26. The van der Waals surface area contributed by atoms with Crippen molar-refractivity contribution in [2.45, 2.75) is 0 Å². The van der Waals surface area contributed by atoms with Crippen molar-refractivity contribution in [3.05, 3.63) is 24.3 Å². The Balaban J connectivity index is 2.61. The second-order valence-electron chi connectivity index (χ2n) is 2.70. The summed E-state index contributed by atoms with van der Waals surface area (Å²) < 4.78 is 14.4. The molecule has 0 spiro atoms. The number of anilines is 1. The molecule has 0 saturated heterocycles. The van der Waals surface area contributed by atoms with Crippen LogP contribution in [0, 0.1) is 0 Å². The predicted octanol–water partition coefficient (Wildman–Crippen LogP) is 1.85. The molecule has 0 aliphatic carbocycles. The molecule has 15 heavy (non-hydrogen) atoms. The third-order valence-corrected chi connectivity index (χ3v) is 1.61. The van der Waals surface area contributed by atoms with Gasteiger partial charge in [-0.2, -0.15) is 0 Å². The Morgan fingerprint density at radius 1 is 1.40 bits per heavy atom. The molecule has 1 amide bonds. The van der Waals surface area contributed by atoms with E-state index in [1.54, 1.807) is 24.3 Å². The van der Waals surface area contributed by atoms with E-state index >= 15 is 0 Å². The minimum atomic E-state index is -0.515. The molecule has 0 heterocycles. The second-order valence-corrected chi connectivity index (χ2v) is 2.70. The fourth-order valence-corrected chi connectivity index (χ4v) is 0.959. The van der Waals surface area contributed by atoms with Gasteiger partial charge >= 0.3 is 6.09 Å². The van der Waals surface area contributed by atoms with E-state index in [4.69, 9.17) is 9.47 Å². The number of rotatable bonds is 4. The molecular formula is C10H13NO4. The average molecular weight is 211 g/mol. The smallest absolute Gasteiger partial charge is 0.411 e. The Morgan fingerprint density at radius 3 is 2.87 bits per heavy atom. The fourth-order valence-electron chi connectivity index (χ4n) is 0.959. The zero-order valence-corrected chi connectivity index (χ0v) is 8.65. The maximum atomic E-state index is 10.9. The molecule has 82 valence electrons. The summed E-state index contributed by atoms with van der Waals surface area (Å²) >= 11 is 0. The molecule has 5 nitrogen and oxygen atoms in total. The molecule has 0 fully saturated rings. The predicted molar refractivity (Wildman–Crippen MR) is 55.0 cm³/mol. The summed E-state index contributed by atoms with van der Waals surface area (Å²) in [6, 6.07) is 6.93. The van der Waals surface area contributed by atoms with E-state index in [0.29, 0.717) is 11.4 Å². The summed E-state index contributed by atoms with van der Waals surface area (Å²) in [4.78, 5) is 10.9. The molecule has 1 N–H and O–H groups in total. The van der Waals surface area contributed by atoms with Crippen molar-refractivity contribution < 1.29 is 19.0 Å². The highest BCUT2D eigenvalue weighted by Crippen LogP contribution is 2.17.